The number of nitrogens with one attached hydrogen (secondary N) is 1. The van der Waals surface area contributed by atoms with Gasteiger partial charge in [0, 0.05) is 43.2 Å². The Labute approximate surface area is 196 Å². The fourth-order valence-corrected chi connectivity index (χ4v) is 3.89. The first-order chi connectivity index (χ1) is 16.5. The molecule has 176 valence electrons. The number of H-pyrrole nitrogens is 1. The molecule has 2 aromatic carbocycles. The van der Waals surface area contributed by atoms with Gasteiger partial charge in [-0.3, -0.25) is 9.69 Å². The number of aromatic hydroxyl groups is 1. The predicted octanol–water partition coefficient (Wildman–Crippen LogP) is 2.51. The van der Waals surface area contributed by atoms with Gasteiger partial charge in [-0.15, -0.1) is 0 Å². The number of aromatic nitrogens is 2. The van der Waals surface area contributed by atoms with E-state index in [-0.39, 0.29) is 24.3 Å². The van der Waals surface area contributed by atoms with Crippen molar-refractivity contribution in [1.82, 2.24) is 14.9 Å². The summed E-state index contributed by atoms with van der Waals surface area (Å²) < 4.78 is 20.3. The third-order valence-electron chi connectivity index (χ3n) is 5.75. The Morgan fingerprint density at radius 2 is 1.94 bits per heavy atom. The van der Waals surface area contributed by atoms with Crippen molar-refractivity contribution in [3.63, 3.8) is 0 Å². The molecule has 3 aromatic rings. The summed E-state index contributed by atoms with van der Waals surface area (Å²) in [5, 5.41) is 19.6. The second kappa shape index (κ2) is 11.1. The van der Waals surface area contributed by atoms with Crippen LogP contribution in [0.2, 0.25) is 0 Å². The minimum Gasteiger partial charge on any atom is -0.502 e. The van der Waals surface area contributed by atoms with Crippen LogP contribution in [0.25, 0.3) is 0 Å². The Kier molecular flexibility index (Phi) is 7.70. The molecule has 1 saturated heterocycles. The van der Waals surface area contributed by atoms with Crippen LogP contribution in [0.4, 0.5) is 4.39 Å². The molecule has 1 aliphatic heterocycles. The topological polar surface area (TPSA) is 98.7 Å². The van der Waals surface area contributed by atoms with E-state index in [1.165, 1.54) is 11.6 Å². The van der Waals surface area contributed by atoms with Gasteiger partial charge in [0.05, 0.1) is 25.4 Å². The highest BCUT2D eigenvalue weighted by Gasteiger charge is 2.19. The van der Waals surface area contributed by atoms with Crippen molar-refractivity contribution in [2.45, 2.75) is 25.3 Å². The number of aliphatic hydroxyl groups excluding tert-OH is 1. The Morgan fingerprint density at radius 1 is 1.18 bits per heavy atom. The van der Waals surface area contributed by atoms with E-state index >= 15 is 0 Å². The summed E-state index contributed by atoms with van der Waals surface area (Å²) >= 11 is 0. The lowest BCUT2D eigenvalue weighted by Gasteiger charge is -2.26. The summed E-state index contributed by atoms with van der Waals surface area (Å²) in [6.07, 6.45) is 2.23. The fourth-order valence-electron chi connectivity index (χ4n) is 3.89. The molecule has 1 fully saturated rings. The summed E-state index contributed by atoms with van der Waals surface area (Å²) in [4.78, 5) is 20.0. The van der Waals surface area contributed by atoms with Crippen LogP contribution in [0.3, 0.4) is 0 Å². The second-order valence-electron chi connectivity index (χ2n) is 8.24. The molecule has 1 atom stereocenters. The highest BCUT2D eigenvalue weighted by atomic mass is 19.1. The maximum atomic E-state index is 14.8. The first-order valence-electron chi connectivity index (χ1n) is 11.1. The van der Waals surface area contributed by atoms with Gasteiger partial charge in [-0.05, 0) is 41.8 Å². The van der Waals surface area contributed by atoms with Crippen LogP contribution < -0.4 is 5.56 Å². The normalized spacial score (nSPS) is 14.9. The van der Waals surface area contributed by atoms with E-state index < -0.39 is 23.0 Å². The number of nitrogens with zero attached hydrogens (tertiary/aromatic N) is 2. The lowest BCUT2D eigenvalue weighted by molar-refractivity contribution is -0.0176. The van der Waals surface area contributed by atoms with Gasteiger partial charge in [0.2, 0.25) is 5.75 Å². The standard InChI is InChI=1S/C26H26FN3O4/c27-23-12-19(5-2-18-3-6-20(7-4-18)14-30-10-1-11-34-17-30)8-9-22(23)21(15-31)13-24-25(32)26(33)29-16-28-24/h3-4,6-9,12,16,21,31-32H,1,10-11,13-15,17H2,(H,28,29,33)/t21-/m1/s1. The highest BCUT2D eigenvalue weighted by Crippen LogP contribution is 2.25. The van der Waals surface area contributed by atoms with E-state index in [1.54, 1.807) is 12.1 Å². The van der Waals surface area contributed by atoms with Gasteiger partial charge in [-0.2, -0.15) is 0 Å². The SMILES string of the molecule is O=c1[nH]cnc(C[C@H](CO)c2ccc(C#Cc3ccc(CN4CCCOC4)cc3)cc2F)c1O. The van der Waals surface area contributed by atoms with Crippen molar-refractivity contribution in [3.05, 3.63) is 92.9 Å². The number of hydrogen-bond donors (Lipinski definition) is 3. The van der Waals surface area contributed by atoms with E-state index in [4.69, 9.17) is 4.74 Å². The number of halogens is 1. The monoisotopic (exact) mass is 463 g/mol. The minimum absolute atomic E-state index is 0.0180. The van der Waals surface area contributed by atoms with Gasteiger partial charge in [0.1, 0.15) is 5.82 Å². The molecular weight excluding hydrogens is 437 g/mol. The maximum Gasteiger partial charge on any atom is 0.293 e. The van der Waals surface area contributed by atoms with Gasteiger partial charge < -0.3 is 19.9 Å². The van der Waals surface area contributed by atoms with Crippen molar-refractivity contribution < 1.29 is 19.3 Å². The minimum atomic E-state index is -0.679. The van der Waals surface area contributed by atoms with Crippen molar-refractivity contribution in [2.75, 3.05) is 26.5 Å². The average Bonchev–Trinajstić information content (AvgIpc) is 2.86. The first kappa shape index (κ1) is 23.6. The number of benzene rings is 2. The number of aliphatic hydroxyl groups is 1. The van der Waals surface area contributed by atoms with E-state index in [1.807, 2.05) is 24.3 Å². The highest BCUT2D eigenvalue weighted by molar-refractivity contribution is 5.45. The molecule has 0 radical (unpaired) electrons. The molecule has 4 rings (SSSR count). The van der Waals surface area contributed by atoms with Crippen molar-refractivity contribution in [1.29, 1.82) is 0 Å². The fraction of sp³-hybridized carbons (Fsp3) is 0.308. The number of rotatable bonds is 6. The van der Waals surface area contributed by atoms with Gasteiger partial charge in [0.15, 0.2) is 0 Å². The first-order valence-corrected chi connectivity index (χ1v) is 11.1. The molecule has 0 amide bonds. The lowest BCUT2D eigenvalue weighted by Crippen LogP contribution is -2.32. The van der Waals surface area contributed by atoms with Crippen LogP contribution in [0.15, 0.2) is 53.6 Å². The maximum absolute atomic E-state index is 14.8. The number of ether oxygens (including phenoxy) is 1. The number of aromatic amines is 1. The molecule has 1 aromatic heterocycles. The summed E-state index contributed by atoms with van der Waals surface area (Å²) in [5.74, 6) is 4.31. The zero-order valence-electron chi connectivity index (χ0n) is 18.6. The van der Waals surface area contributed by atoms with Gasteiger partial charge in [0.25, 0.3) is 5.56 Å². The van der Waals surface area contributed by atoms with E-state index in [0.717, 1.165) is 38.0 Å². The Hall–Kier alpha value is -3.51. The summed E-state index contributed by atoms with van der Waals surface area (Å²) in [6.45, 7) is 2.97. The quantitative estimate of drug-likeness (QED) is 0.486. The third-order valence-corrected chi connectivity index (χ3v) is 5.75. The molecule has 7 nitrogen and oxygen atoms in total. The summed E-state index contributed by atoms with van der Waals surface area (Å²) in [5.41, 5.74) is 2.20. The van der Waals surface area contributed by atoms with E-state index in [0.29, 0.717) is 12.3 Å². The summed E-state index contributed by atoms with van der Waals surface area (Å²) in [6, 6.07) is 12.5. The van der Waals surface area contributed by atoms with Crippen molar-refractivity contribution in [2.24, 2.45) is 0 Å². The molecule has 3 N–H and O–H groups in total. The summed E-state index contributed by atoms with van der Waals surface area (Å²) in [7, 11) is 0. The molecule has 8 heteroatoms. The second-order valence-corrected chi connectivity index (χ2v) is 8.24. The van der Waals surface area contributed by atoms with Gasteiger partial charge in [-0.1, -0.05) is 30.0 Å². The molecule has 1 aliphatic rings. The Balaban J connectivity index is 1.44. The van der Waals surface area contributed by atoms with E-state index in [2.05, 4.69) is 26.7 Å². The number of hydrogen-bond acceptors (Lipinski definition) is 6. The molecule has 0 unspecified atom stereocenters. The van der Waals surface area contributed by atoms with Crippen LogP contribution in [-0.2, 0) is 17.7 Å². The Bertz CT molecular complexity index is 1240. The molecule has 2 heterocycles. The van der Waals surface area contributed by atoms with Crippen LogP contribution in [0.5, 0.6) is 5.75 Å². The van der Waals surface area contributed by atoms with Crippen molar-refractivity contribution >= 4 is 0 Å². The smallest absolute Gasteiger partial charge is 0.293 e. The molecule has 0 spiro atoms. The molecule has 0 aliphatic carbocycles. The Morgan fingerprint density at radius 3 is 2.65 bits per heavy atom. The molecule has 0 saturated carbocycles. The molecule has 34 heavy (non-hydrogen) atoms. The predicted molar refractivity (Wildman–Crippen MR) is 125 cm³/mol. The average molecular weight is 464 g/mol. The zero-order valence-corrected chi connectivity index (χ0v) is 18.6. The molecule has 0 bridgehead atoms. The molecular formula is C26H26FN3O4. The van der Waals surface area contributed by atoms with Crippen molar-refractivity contribution in [3.8, 4) is 17.6 Å². The van der Waals surface area contributed by atoms with Gasteiger partial charge in [-0.25, -0.2) is 9.37 Å². The van der Waals surface area contributed by atoms with Gasteiger partial charge >= 0.3 is 0 Å². The van der Waals surface area contributed by atoms with Crippen LogP contribution in [0.1, 0.15) is 40.3 Å². The zero-order chi connectivity index (χ0) is 23.9. The largest absolute Gasteiger partial charge is 0.502 e. The van der Waals surface area contributed by atoms with Crippen LogP contribution >= 0.6 is 0 Å². The third kappa shape index (κ3) is 5.88. The van der Waals surface area contributed by atoms with E-state index in [9.17, 15) is 19.4 Å². The van der Waals surface area contributed by atoms with Crippen LogP contribution in [0, 0.1) is 17.7 Å². The van der Waals surface area contributed by atoms with Crippen LogP contribution in [-0.4, -0.2) is 51.6 Å². The lowest BCUT2D eigenvalue weighted by atomic mass is 9.93.